The third-order valence-corrected chi connectivity index (χ3v) is 18.3. The maximum atomic E-state index is 13.3. The summed E-state index contributed by atoms with van der Waals surface area (Å²) in [4.78, 5) is 221. The van der Waals surface area contributed by atoms with Gasteiger partial charge in [-0.2, -0.15) is 0 Å². The van der Waals surface area contributed by atoms with Crippen LogP contribution in [0.5, 0.6) is 11.5 Å². The van der Waals surface area contributed by atoms with Crippen molar-refractivity contribution in [3.63, 3.8) is 0 Å². The van der Waals surface area contributed by atoms with Crippen molar-refractivity contribution < 1.29 is 133 Å². The molecule has 0 unspecified atom stereocenters. The van der Waals surface area contributed by atoms with Crippen LogP contribution in [-0.4, -0.2) is 195 Å². The quantitative estimate of drug-likeness (QED) is 0.0179. The van der Waals surface area contributed by atoms with Crippen molar-refractivity contribution in [3.05, 3.63) is 81.8 Å². The Kier molecular flexibility index (Phi) is 47.5. The maximum absolute atomic E-state index is 13.3. The van der Waals surface area contributed by atoms with E-state index in [1.807, 2.05) is 0 Å². The zero-order valence-electron chi connectivity index (χ0n) is 64.2. The van der Waals surface area contributed by atoms with Crippen LogP contribution in [0.3, 0.4) is 0 Å². The van der Waals surface area contributed by atoms with E-state index in [-0.39, 0.29) is 166 Å². The van der Waals surface area contributed by atoms with E-state index in [1.165, 1.54) is 103 Å². The van der Waals surface area contributed by atoms with Gasteiger partial charge < -0.3 is 75.9 Å². The van der Waals surface area contributed by atoms with Crippen LogP contribution < -0.4 is 83.6 Å². The van der Waals surface area contributed by atoms with E-state index in [2.05, 4.69) is 52.5 Å². The minimum Gasteiger partial charge on any atom is -1.00 e. The summed E-state index contributed by atoms with van der Waals surface area (Å²) >= 11 is 2.29. The minimum absolute atomic E-state index is 0. The average Bonchev–Trinajstić information content (AvgIpc) is 1.22. The molecule has 11 atom stereocenters. The number of hydrogen-bond acceptors (Lipinski definition) is 27. The van der Waals surface area contributed by atoms with Gasteiger partial charge in [-0.05, 0) is 75.9 Å². The summed E-state index contributed by atoms with van der Waals surface area (Å²) in [5.74, 6) is -12.0. The fraction of sp³-hybridized carbons (Fsp3) is 0.514. The first-order valence-corrected chi connectivity index (χ1v) is 36.0. The van der Waals surface area contributed by atoms with Crippen molar-refractivity contribution >= 4 is 141 Å². The first-order valence-electron chi connectivity index (χ1n) is 34.4. The standard InChI is InChI=1S/C36H50N6O10S.C35H46N6O10S.CH4O.B.Na.H/c1-19(33(37)50)13-30(47)22(4)40-32(49)11-10-29(46)28(15-24-6-8-25(44)9-7-24)42-35(52)21(3)14-31(48)23(5)41-34(51)20(2)12-26(45)16-38-36-39-17-27(18-43)53-36;1-19(13-25(44)16-37-35-38-17-26(18-42)52-35)33(50)40-22(4)30(47)14-20(2)34(51)41-27(15-23-5-7-24(43)8-6-23)29(46)10-12-32(49)39-21(3)28(45)9-11-31(36)48;1-2;;;/h6-9,17,19-23,28,43-44H,10-16,18H2,1-5H3,(H2,37,50)(H,38,39)(H,40,49)(H,41,51)(H,42,52);5-8,17-22,27,43H,9-16H2,1-4H3,(H2,36,48)(H,37,38)(H,39,49)(H,40,50)(H,41,51);2H,1H3;;;/q;;;;+1;-1/t19-,20-,21-,22+,23+,28+;19-,20-,21+,22+,27+;;;;/m11..../s1. The molecular weight excluding hydrogens is 1470 g/mol. The smallest absolute Gasteiger partial charge is 1.00 e. The summed E-state index contributed by atoms with van der Waals surface area (Å²) in [5.41, 5.74) is 11.5. The van der Waals surface area contributed by atoms with Gasteiger partial charge in [-0.3, -0.25) is 81.5 Å². The number of rotatable bonds is 48. The van der Waals surface area contributed by atoms with Crippen LogP contribution in [0.25, 0.3) is 0 Å². The van der Waals surface area contributed by atoms with Gasteiger partial charge in [-0.25, -0.2) is 9.97 Å². The largest absolute Gasteiger partial charge is 1.00 e. The van der Waals surface area contributed by atoms with Crippen LogP contribution in [0.1, 0.15) is 160 Å². The molecule has 0 spiro atoms. The van der Waals surface area contributed by atoms with Gasteiger partial charge in [0.1, 0.15) is 11.5 Å². The number of Topliss-reactive ketones (excluding diaryl/α,β-unsaturated/α-hetero) is 8. The molecule has 0 aliphatic rings. The number of ketones is 8. The average molecular weight is 1570 g/mol. The molecule has 0 fully saturated rings. The van der Waals surface area contributed by atoms with Crippen molar-refractivity contribution in [1.82, 2.24) is 41.9 Å². The van der Waals surface area contributed by atoms with E-state index < -0.39 is 148 Å². The molecule has 33 nitrogen and oxygen atoms in total. The number of aliphatic hydroxyl groups is 2. The topological polar surface area (TPSA) is 545 Å². The number of anilines is 2. The van der Waals surface area contributed by atoms with Crippen molar-refractivity contribution in [3.8, 4) is 11.5 Å². The van der Waals surface area contributed by atoms with Crippen LogP contribution in [0.15, 0.2) is 60.9 Å². The number of hydrogen-bond donors (Lipinski definition) is 14. The fourth-order valence-corrected chi connectivity index (χ4v) is 11.1. The molecule has 0 saturated carbocycles. The Labute approximate surface area is 665 Å². The number of carbonyl (C=O) groups is 17. The summed E-state index contributed by atoms with van der Waals surface area (Å²) in [5, 5.41) is 57.4. The molecule has 2 aromatic carbocycles. The molecule has 8 amide bonds. The summed E-state index contributed by atoms with van der Waals surface area (Å²) in [6, 6.07) is 6.02. The van der Waals surface area contributed by atoms with Crippen LogP contribution in [0.2, 0.25) is 0 Å². The Morgan fingerprint density at radius 2 is 0.789 bits per heavy atom. The number of nitrogens with two attached hydrogens (primary N) is 2. The number of nitrogens with zero attached hydrogens (tertiary/aromatic N) is 2. The second-order valence-corrected chi connectivity index (χ2v) is 28.0. The molecule has 37 heteroatoms. The molecule has 0 saturated heterocycles. The molecule has 591 valence electrons. The van der Waals surface area contributed by atoms with Gasteiger partial charge in [-0.15, -0.1) is 0 Å². The van der Waals surface area contributed by atoms with E-state index in [4.69, 9.17) is 21.7 Å². The Morgan fingerprint density at radius 3 is 1.15 bits per heavy atom. The molecule has 109 heavy (non-hydrogen) atoms. The van der Waals surface area contributed by atoms with Gasteiger partial charge in [0.05, 0.1) is 71.9 Å². The maximum Gasteiger partial charge on any atom is 1.00 e. The Bertz CT molecular complexity index is 3760. The third-order valence-electron chi connectivity index (χ3n) is 16.5. The minimum atomic E-state index is -1.09. The zero-order valence-corrected chi connectivity index (χ0v) is 66.8. The molecule has 16 N–H and O–H groups in total. The number of amides is 8. The number of nitrogens with one attached hydrogen (secondary N) is 8. The number of phenolic OH excluding ortho intramolecular Hbond substituents is 2. The predicted octanol–water partition coefficient (Wildman–Crippen LogP) is -1.36. The van der Waals surface area contributed by atoms with E-state index in [9.17, 15) is 91.7 Å². The van der Waals surface area contributed by atoms with Crippen LogP contribution in [0, 0.1) is 29.6 Å². The number of benzene rings is 2. The molecular formula is C72H101BN12NaO21S2. The zero-order chi connectivity index (χ0) is 80.8. The number of aldehydes is 1. The van der Waals surface area contributed by atoms with E-state index in [1.54, 1.807) is 31.2 Å². The molecule has 4 rings (SSSR count). The molecule has 2 aromatic heterocycles. The Balaban J connectivity index is 0. The molecule has 4 aromatic rings. The fourth-order valence-electron chi connectivity index (χ4n) is 9.77. The normalized spacial score (nSPS) is 13.6. The van der Waals surface area contributed by atoms with Gasteiger partial charge in [0.2, 0.25) is 47.3 Å². The summed E-state index contributed by atoms with van der Waals surface area (Å²) in [6.07, 6.45) is 1.23. The number of aromatic nitrogens is 2. The van der Waals surface area contributed by atoms with Crippen LogP contribution in [-0.2, 0) is 96.2 Å². The van der Waals surface area contributed by atoms with Gasteiger partial charge in [0.25, 0.3) is 0 Å². The molecule has 0 aliphatic carbocycles. The Morgan fingerprint density at radius 1 is 0.450 bits per heavy atom. The number of aliphatic hydroxyl groups excluding tert-OH is 2. The predicted molar refractivity (Wildman–Crippen MR) is 400 cm³/mol. The SMILES string of the molecule is CO.C[C@H](CC(=O)CNc1ncc(C=O)s1)C(=O)N[C@@H](C)C(=O)C[C@@H](C)C(=O)N[C@@H](Cc1ccc(O)cc1)C(=O)CCC(=O)N[C@@H](C)C(=O)CCC(N)=O.C[C@H](CC(=O)[C@H](C)NC(=O)CCC(=O)[C@H](Cc1ccc(O)cc1)NC(=O)[C@H](C)CC(=O)[C@H](C)NC(=O)[C@H](C)CC(=O)CNc1ncc(CO)s1)C(N)=O.[B].[H-].[Na+]. The third kappa shape index (κ3) is 39.1. The second kappa shape index (κ2) is 51.9. The Hall–Kier alpha value is -9.33. The van der Waals surface area contributed by atoms with E-state index in [0.29, 0.717) is 37.4 Å². The second-order valence-electron chi connectivity index (χ2n) is 25.9. The number of carbonyl (C=O) groups excluding carboxylic acids is 17. The molecule has 0 aliphatic heterocycles. The van der Waals surface area contributed by atoms with Gasteiger partial charge in [-0.1, -0.05) is 81.6 Å². The van der Waals surface area contributed by atoms with Crippen molar-refractivity contribution in [2.24, 2.45) is 41.1 Å². The number of thiazole rings is 2. The van der Waals surface area contributed by atoms with Crippen LogP contribution >= 0.6 is 22.7 Å². The number of primary amides is 2. The van der Waals surface area contributed by atoms with Crippen LogP contribution in [0.4, 0.5) is 10.3 Å². The number of phenols is 2. The summed E-state index contributed by atoms with van der Waals surface area (Å²) in [7, 11) is 1.00. The summed E-state index contributed by atoms with van der Waals surface area (Å²) in [6.45, 7) is 13.1. The van der Waals surface area contributed by atoms with Gasteiger partial charge >= 0.3 is 29.6 Å². The van der Waals surface area contributed by atoms with Crippen molar-refractivity contribution in [2.75, 3.05) is 30.8 Å². The first-order chi connectivity index (χ1) is 50.4. The van der Waals surface area contributed by atoms with Crippen molar-refractivity contribution in [2.45, 2.75) is 189 Å². The van der Waals surface area contributed by atoms with E-state index in [0.717, 1.165) is 18.4 Å². The van der Waals surface area contributed by atoms with Gasteiger partial charge in [0.15, 0.2) is 62.8 Å². The molecule has 2 heterocycles. The first kappa shape index (κ1) is 99.7. The van der Waals surface area contributed by atoms with Crippen molar-refractivity contribution in [1.29, 1.82) is 0 Å². The molecule has 3 radical (unpaired) electrons. The number of aromatic hydroxyl groups is 2. The summed E-state index contributed by atoms with van der Waals surface area (Å²) < 4.78 is 0. The van der Waals surface area contributed by atoms with Gasteiger partial charge in [0, 0.05) is 122 Å². The monoisotopic (exact) mass is 1570 g/mol. The molecule has 0 bridgehead atoms. The van der Waals surface area contributed by atoms with E-state index >= 15 is 0 Å².